The molecule has 7 nitrogen and oxygen atoms in total. The van der Waals surface area contributed by atoms with E-state index >= 15 is 0 Å². The van der Waals surface area contributed by atoms with Crippen molar-refractivity contribution in [1.29, 1.82) is 0 Å². The van der Waals surface area contributed by atoms with Crippen molar-refractivity contribution in [3.63, 3.8) is 0 Å². The largest absolute Gasteiger partial charge is 0.347 e. The van der Waals surface area contributed by atoms with Gasteiger partial charge in [0.2, 0.25) is 5.91 Å². The fourth-order valence-corrected chi connectivity index (χ4v) is 3.52. The zero-order valence-electron chi connectivity index (χ0n) is 13.6. The number of carbonyl (C=O) groups excluding carboxylic acids is 1. The molecule has 0 saturated heterocycles. The van der Waals surface area contributed by atoms with Gasteiger partial charge in [0, 0.05) is 43.2 Å². The lowest BCUT2D eigenvalue weighted by molar-refractivity contribution is -0.130. The molecule has 0 saturated carbocycles. The number of aromatic amines is 1. The van der Waals surface area contributed by atoms with Crippen LogP contribution in [0, 0.1) is 0 Å². The van der Waals surface area contributed by atoms with Crippen LogP contribution in [0.2, 0.25) is 0 Å². The second kappa shape index (κ2) is 6.56. The summed E-state index contributed by atoms with van der Waals surface area (Å²) in [4.78, 5) is 30.7. The third-order valence-corrected chi connectivity index (χ3v) is 4.95. The van der Waals surface area contributed by atoms with E-state index in [0.29, 0.717) is 13.1 Å². The molecule has 1 aromatic carbocycles. The van der Waals surface area contributed by atoms with Gasteiger partial charge in [0.1, 0.15) is 10.9 Å². The highest BCUT2D eigenvalue weighted by Crippen LogP contribution is 2.42. The highest BCUT2D eigenvalue weighted by molar-refractivity contribution is 7.99. The van der Waals surface area contributed by atoms with E-state index in [9.17, 15) is 4.79 Å². The number of imidazole rings is 1. The number of amides is 1. The molecule has 0 spiro atoms. The van der Waals surface area contributed by atoms with Crippen LogP contribution in [-0.2, 0) is 17.9 Å². The molecular formula is C17H16N6OS. The first-order valence-corrected chi connectivity index (χ1v) is 8.63. The van der Waals surface area contributed by atoms with Crippen molar-refractivity contribution >= 4 is 29.2 Å². The Morgan fingerprint density at radius 3 is 2.84 bits per heavy atom. The maximum atomic E-state index is 12.0. The zero-order chi connectivity index (χ0) is 17.2. The normalized spacial score (nSPS) is 12.0. The highest BCUT2D eigenvalue weighted by Gasteiger charge is 2.19. The SMILES string of the molecule is CC(=O)N(Cc1ccc2c(c1)Nc1nccnc1S2)Cc1ncc[nH]1. The molecule has 3 aromatic rings. The minimum absolute atomic E-state index is 0.00710. The van der Waals surface area contributed by atoms with Crippen LogP contribution >= 0.6 is 11.8 Å². The summed E-state index contributed by atoms with van der Waals surface area (Å²) < 4.78 is 0. The number of anilines is 2. The third-order valence-electron chi connectivity index (χ3n) is 3.88. The molecule has 0 aliphatic carbocycles. The lowest BCUT2D eigenvalue weighted by atomic mass is 10.1. The van der Waals surface area contributed by atoms with Gasteiger partial charge in [-0.3, -0.25) is 4.79 Å². The van der Waals surface area contributed by atoms with Crippen molar-refractivity contribution in [2.24, 2.45) is 0 Å². The summed E-state index contributed by atoms with van der Waals surface area (Å²) in [7, 11) is 0. The molecular weight excluding hydrogens is 336 g/mol. The number of carbonyl (C=O) groups is 1. The van der Waals surface area contributed by atoms with Crippen molar-refractivity contribution < 1.29 is 4.79 Å². The second-order valence-electron chi connectivity index (χ2n) is 5.68. The Labute approximate surface area is 148 Å². The molecule has 1 aliphatic rings. The van der Waals surface area contributed by atoms with E-state index < -0.39 is 0 Å². The van der Waals surface area contributed by atoms with E-state index in [1.54, 1.807) is 48.4 Å². The van der Waals surface area contributed by atoms with Crippen LogP contribution in [0.4, 0.5) is 11.5 Å². The van der Waals surface area contributed by atoms with Gasteiger partial charge in [0.15, 0.2) is 5.82 Å². The van der Waals surface area contributed by atoms with Crippen molar-refractivity contribution in [1.82, 2.24) is 24.8 Å². The Morgan fingerprint density at radius 2 is 2.04 bits per heavy atom. The molecule has 0 unspecified atom stereocenters. The maximum Gasteiger partial charge on any atom is 0.220 e. The number of hydrogen-bond acceptors (Lipinski definition) is 6. The van der Waals surface area contributed by atoms with Gasteiger partial charge in [0.25, 0.3) is 0 Å². The third kappa shape index (κ3) is 3.34. The molecule has 0 bridgehead atoms. The van der Waals surface area contributed by atoms with E-state index in [4.69, 9.17) is 0 Å². The summed E-state index contributed by atoms with van der Waals surface area (Å²) >= 11 is 1.59. The van der Waals surface area contributed by atoms with Crippen molar-refractivity contribution in [3.05, 3.63) is 54.4 Å². The van der Waals surface area contributed by atoms with Crippen LogP contribution in [0.1, 0.15) is 18.3 Å². The first-order chi connectivity index (χ1) is 12.2. The lowest BCUT2D eigenvalue weighted by Crippen LogP contribution is -2.28. The molecule has 0 atom stereocenters. The van der Waals surface area contributed by atoms with E-state index in [1.165, 1.54) is 0 Å². The number of hydrogen-bond donors (Lipinski definition) is 2. The number of rotatable bonds is 4. The van der Waals surface area contributed by atoms with Crippen molar-refractivity contribution in [2.45, 2.75) is 29.9 Å². The molecule has 1 aliphatic heterocycles. The summed E-state index contributed by atoms with van der Waals surface area (Å²) in [5, 5.41) is 4.18. The first-order valence-electron chi connectivity index (χ1n) is 7.81. The summed E-state index contributed by atoms with van der Waals surface area (Å²) in [6, 6.07) is 6.14. The van der Waals surface area contributed by atoms with Gasteiger partial charge < -0.3 is 15.2 Å². The Morgan fingerprint density at radius 1 is 1.16 bits per heavy atom. The molecule has 4 rings (SSSR count). The zero-order valence-corrected chi connectivity index (χ0v) is 14.4. The van der Waals surface area contributed by atoms with Crippen LogP contribution in [0.15, 0.2) is 52.9 Å². The summed E-state index contributed by atoms with van der Waals surface area (Å²) in [6.45, 7) is 2.54. The minimum Gasteiger partial charge on any atom is -0.347 e. The van der Waals surface area contributed by atoms with Gasteiger partial charge in [0.05, 0.1) is 12.2 Å². The molecule has 2 N–H and O–H groups in total. The van der Waals surface area contributed by atoms with Gasteiger partial charge in [-0.15, -0.1) is 0 Å². The van der Waals surface area contributed by atoms with Gasteiger partial charge in [-0.25, -0.2) is 15.0 Å². The summed E-state index contributed by atoms with van der Waals surface area (Å²) in [6.07, 6.45) is 6.80. The Hall–Kier alpha value is -2.87. The van der Waals surface area contributed by atoms with E-state index in [0.717, 1.165) is 32.8 Å². The molecule has 2 aromatic heterocycles. The number of fused-ring (bicyclic) bond motifs is 2. The predicted octanol–water partition coefficient (Wildman–Crippen LogP) is 2.96. The van der Waals surface area contributed by atoms with E-state index in [2.05, 4.69) is 31.3 Å². The van der Waals surface area contributed by atoms with E-state index in [1.807, 2.05) is 12.1 Å². The first kappa shape index (κ1) is 15.6. The molecule has 126 valence electrons. The number of nitrogens with zero attached hydrogens (tertiary/aromatic N) is 4. The van der Waals surface area contributed by atoms with Gasteiger partial charge in [-0.2, -0.15) is 0 Å². The smallest absolute Gasteiger partial charge is 0.220 e. The fraction of sp³-hybridized carbons (Fsp3) is 0.176. The second-order valence-corrected chi connectivity index (χ2v) is 6.71. The fourth-order valence-electron chi connectivity index (χ4n) is 2.64. The quantitative estimate of drug-likeness (QED) is 0.587. The van der Waals surface area contributed by atoms with Gasteiger partial charge in [-0.05, 0) is 17.7 Å². The van der Waals surface area contributed by atoms with Gasteiger partial charge >= 0.3 is 0 Å². The average Bonchev–Trinajstić information content (AvgIpc) is 3.12. The number of H-pyrrole nitrogens is 1. The summed E-state index contributed by atoms with van der Waals surface area (Å²) in [5.74, 6) is 1.54. The Bertz CT molecular complexity index is 911. The molecule has 8 heteroatoms. The summed E-state index contributed by atoms with van der Waals surface area (Å²) in [5.41, 5.74) is 2.03. The molecule has 1 amide bonds. The van der Waals surface area contributed by atoms with Crippen LogP contribution in [0.3, 0.4) is 0 Å². The Kier molecular flexibility index (Phi) is 4.10. The van der Waals surface area contributed by atoms with Crippen LogP contribution in [0.5, 0.6) is 0 Å². The van der Waals surface area contributed by atoms with Crippen molar-refractivity contribution in [2.75, 3.05) is 5.32 Å². The molecule has 0 radical (unpaired) electrons. The molecule has 25 heavy (non-hydrogen) atoms. The van der Waals surface area contributed by atoms with Crippen molar-refractivity contribution in [3.8, 4) is 0 Å². The number of nitrogens with one attached hydrogen (secondary N) is 2. The lowest BCUT2D eigenvalue weighted by Gasteiger charge is -2.22. The highest BCUT2D eigenvalue weighted by atomic mass is 32.2. The standard InChI is InChI=1S/C17H16N6OS/c1-11(24)23(10-15-18-4-5-19-15)9-12-2-3-14-13(8-12)22-16-17(25-14)21-7-6-20-16/h2-8H,9-10H2,1H3,(H,18,19)(H,20,22). The average molecular weight is 352 g/mol. The predicted molar refractivity (Wildman–Crippen MR) is 94.4 cm³/mol. The molecule has 3 heterocycles. The number of benzene rings is 1. The number of aromatic nitrogens is 4. The van der Waals surface area contributed by atoms with Crippen LogP contribution in [-0.4, -0.2) is 30.7 Å². The monoisotopic (exact) mass is 352 g/mol. The van der Waals surface area contributed by atoms with Crippen LogP contribution < -0.4 is 5.32 Å². The molecule has 0 fully saturated rings. The van der Waals surface area contributed by atoms with E-state index in [-0.39, 0.29) is 5.91 Å². The Balaban J connectivity index is 1.54. The van der Waals surface area contributed by atoms with Gasteiger partial charge in [-0.1, -0.05) is 17.8 Å². The topological polar surface area (TPSA) is 86.8 Å². The maximum absolute atomic E-state index is 12.0. The van der Waals surface area contributed by atoms with Crippen LogP contribution in [0.25, 0.3) is 0 Å². The minimum atomic E-state index is 0.00710.